The molecule has 14 heteroatoms. The van der Waals surface area contributed by atoms with E-state index in [4.69, 9.17) is 22.0 Å². The number of fused-ring (bicyclic) bond motifs is 2. The van der Waals surface area contributed by atoms with Crippen LogP contribution in [0, 0.1) is 20.8 Å². The molecule has 2 saturated heterocycles. The molecule has 5 rings (SSSR count). The molecule has 0 radical (unpaired) electrons. The van der Waals surface area contributed by atoms with Crippen LogP contribution in [-0.2, 0) is 52.4 Å². The van der Waals surface area contributed by atoms with E-state index in [0.29, 0.717) is 0 Å². The summed E-state index contributed by atoms with van der Waals surface area (Å²) in [5.41, 5.74) is 2.45. The fraction of sp³-hybridized carbons (Fsp3) is 0.333. The van der Waals surface area contributed by atoms with Crippen LogP contribution < -0.4 is 0 Å². The lowest BCUT2D eigenvalue weighted by atomic mass is 10.1. The van der Waals surface area contributed by atoms with Gasteiger partial charge in [-0.25, -0.2) is 0 Å². The van der Waals surface area contributed by atoms with Gasteiger partial charge in [0, 0.05) is 0 Å². The average Bonchev–Trinajstić information content (AvgIpc) is 3.17. The number of benzene rings is 3. The van der Waals surface area contributed by atoms with Crippen LogP contribution in [0.5, 0.6) is 0 Å². The van der Waals surface area contributed by atoms with Gasteiger partial charge in [-0.2, -0.15) is 25.3 Å². The van der Waals surface area contributed by atoms with Crippen molar-refractivity contribution in [3.8, 4) is 0 Å². The van der Waals surface area contributed by atoms with Gasteiger partial charge < -0.3 is 9.47 Å². The van der Waals surface area contributed by atoms with Gasteiger partial charge in [0.15, 0.2) is 12.4 Å². The molecule has 41 heavy (non-hydrogen) atoms. The van der Waals surface area contributed by atoms with Crippen molar-refractivity contribution < 1.29 is 47.3 Å². The molecule has 0 aromatic heterocycles. The molecule has 0 aliphatic carbocycles. The SMILES string of the molecule is Cc1ccc(S(=O)(=O)OC2COC3OC2C(OS(=O)(=O)c2ccc(C)cc2)C3OS(=O)(=O)c2ccc(C)cc2)cc1. The Hall–Kier alpha value is -2.69. The lowest BCUT2D eigenvalue weighted by molar-refractivity contribution is -0.225. The molecule has 0 saturated carbocycles. The first kappa shape index (κ1) is 29.8. The number of hydrogen-bond acceptors (Lipinski definition) is 11. The van der Waals surface area contributed by atoms with Gasteiger partial charge in [-0.15, -0.1) is 0 Å². The third-order valence-electron chi connectivity index (χ3n) is 6.65. The van der Waals surface area contributed by atoms with Crippen molar-refractivity contribution >= 4 is 30.4 Å². The lowest BCUT2D eigenvalue weighted by Gasteiger charge is -2.29. The summed E-state index contributed by atoms with van der Waals surface area (Å²) in [5, 5.41) is 0. The molecule has 3 aromatic carbocycles. The highest BCUT2D eigenvalue weighted by Crippen LogP contribution is 2.38. The fourth-order valence-corrected chi connectivity index (χ4v) is 7.63. The van der Waals surface area contributed by atoms with E-state index < -0.39 is 61.1 Å². The number of rotatable bonds is 9. The van der Waals surface area contributed by atoms with E-state index in [1.807, 2.05) is 0 Å². The maximum Gasteiger partial charge on any atom is 0.297 e. The zero-order valence-electron chi connectivity index (χ0n) is 22.2. The van der Waals surface area contributed by atoms with E-state index in [1.165, 1.54) is 36.4 Å². The van der Waals surface area contributed by atoms with Gasteiger partial charge in [0.05, 0.1) is 21.3 Å². The van der Waals surface area contributed by atoms with Crippen molar-refractivity contribution in [2.45, 2.75) is 66.2 Å². The monoisotopic (exact) mass is 624 g/mol. The highest BCUT2D eigenvalue weighted by Gasteiger charge is 2.58. The first-order chi connectivity index (χ1) is 19.2. The first-order valence-electron chi connectivity index (χ1n) is 12.5. The van der Waals surface area contributed by atoms with Crippen LogP contribution in [0.25, 0.3) is 0 Å². The highest BCUT2D eigenvalue weighted by molar-refractivity contribution is 7.87. The van der Waals surface area contributed by atoms with E-state index in [1.54, 1.807) is 57.2 Å². The van der Waals surface area contributed by atoms with E-state index >= 15 is 0 Å². The van der Waals surface area contributed by atoms with Crippen molar-refractivity contribution in [1.82, 2.24) is 0 Å². The second kappa shape index (κ2) is 11.2. The molecule has 5 atom stereocenters. The molecule has 0 N–H and O–H groups in total. The van der Waals surface area contributed by atoms with E-state index in [9.17, 15) is 25.3 Å². The minimum absolute atomic E-state index is 0.136. The van der Waals surface area contributed by atoms with Crippen LogP contribution in [0.15, 0.2) is 87.5 Å². The average molecular weight is 625 g/mol. The molecule has 2 heterocycles. The zero-order valence-corrected chi connectivity index (χ0v) is 24.7. The molecule has 3 aromatic rings. The van der Waals surface area contributed by atoms with Gasteiger partial charge in [0.2, 0.25) is 0 Å². The summed E-state index contributed by atoms with van der Waals surface area (Å²) in [6.07, 6.45) is -7.41. The number of hydrogen-bond donors (Lipinski definition) is 0. The molecule has 2 bridgehead atoms. The molecular weight excluding hydrogens is 596 g/mol. The van der Waals surface area contributed by atoms with Gasteiger partial charge in [-0.3, -0.25) is 12.5 Å². The van der Waals surface area contributed by atoms with Crippen molar-refractivity contribution in [2.75, 3.05) is 6.61 Å². The lowest BCUT2D eigenvalue weighted by Crippen LogP contribution is -2.46. The smallest absolute Gasteiger partial charge is 0.297 e. The summed E-state index contributed by atoms with van der Waals surface area (Å²) in [6, 6.07) is 17.5. The predicted octanol–water partition coefficient (Wildman–Crippen LogP) is 2.99. The Balaban J connectivity index is 1.48. The number of ether oxygens (including phenoxy) is 2. The van der Waals surface area contributed by atoms with Crippen LogP contribution in [0.2, 0.25) is 0 Å². The quantitative estimate of drug-likeness (QED) is 0.324. The maximum absolute atomic E-state index is 13.3. The minimum Gasteiger partial charge on any atom is -0.347 e. The third-order valence-corrected chi connectivity index (χ3v) is 10.7. The molecule has 2 aliphatic rings. The Morgan fingerprint density at radius 2 is 0.927 bits per heavy atom. The Morgan fingerprint density at radius 3 is 1.34 bits per heavy atom. The van der Waals surface area contributed by atoms with Gasteiger partial charge in [-0.1, -0.05) is 53.1 Å². The maximum atomic E-state index is 13.3. The molecule has 220 valence electrons. The zero-order chi connectivity index (χ0) is 29.6. The summed E-state index contributed by atoms with van der Waals surface area (Å²) >= 11 is 0. The Kier molecular flexibility index (Phi) is 8.13. The van der Waals surface area contributed by atoms with Crippen molar-refractivity contribution in [3.63, 3.8) is 0 Å². The molecule has 11 nitrogen and oxygen atoms in total. The van der Waals surface area contributed by atoms with Gasteiger partial charge in [-0.05, 0) is 57.2 Å². The van der Waals surface area contributed by atoms with Crippen LogP contribution in [0.4, 0.5) is 0 Å². The molecule has 0 amide bonds. The third kappa shape index (κ3) is 6.39. The van der Waals surface area contributed by atoms with Crippen molar-refractivity contribution in [2.24, 2.45) is 0 Å². The number of aryl methyl sites for hydroxylation is 3. The normalized spacial score (nSPS) is 24.8. The van der Waals surface area contributed by atoms with Crippen LogP contribution >= 0.6 is 0 Å². The summed E-state index contributed by atoms with van der Waals surface area (Å²) in [5.74, 6) is 0. The van der Waals surface area contributed by atoms with Crippen LogP contribution in [0.3, 0.4) is 0 Å². The van der Waals surface area contributed by atoms with Gasteiger partial charge in [0.25, 0.3) is 30.4 Å². The van der Waals surface area contributed by atoms with E-state index in [-0.39, 0.29) is 21.3 Å². The predicted molar refractivity (Wildman–Crippen MR) is 144 cm³/mol. The van der Waals surface area contributed by atoms with Crippen molar-refractivity contribution in [1.29, 1.82) is 0 Å². The summed E-state index contributed by atoms with van der Waals surface area (Å²) in [6.45, 7) is 4.98. The van der Waals surface area contributed by atoms with Gasteiger partial charge in [0.1, 0.15) is 18.3 Å². The first-order valence-corrected chi connectivity index (χ1v) is 16.7. The highest BCUT2D eigenvalue weighted by atomic mass is 32.2. The largest absolute Gasteiger partial charge is 0.347 e. The van der Waals surface area contributed by atoms with Crippen molar-refractivity contribution in [3.05, 3.63) is 89.5 Å². The molecule has 5 unspecified atom stereocenters. The van der Waals surface area contributed by atoms with E-state index in [0.717, 1.165) is 16.7 Å². The summed E-state index contributed by atoms with van der Waals surface area (Å²) in [4.78, 5) is -0.516. The standard InChI is InChI=1S/C27H28O11S3/c1-17-4-10-20(11-5-17)39(28,29)36-23-16-34-27-26(38-41(32,33)22-14-8-19(3)9-15-22)25(24(23)35-27)37-40(30,31)21-12-6-18(2)7-13-21/h4-15,23-27H,16H2,1-3H3. The van der Waals surface area contributed by atoms with Crippen LogP contribution in [0.1, 0.15) is 16.7 Å². The Morgan fingerprint density at radius 1 is 0.561 bits per heavy atom. The molecule has 2 aliphatic heterocycles. The summed E-state index contributed by atoms with van der Waals surface area (Å²) < 4.78 is 107. The Labute approximate surface area is 239 Å². The molecule has 2 fully saturated rings. The topological polar surface area (TPSA) is 149 Å². The minimum atomic E-state index is -4.50. The summed E-state index contributed by atoms with van der Waals surface area (Å²) in [7, 11) is -13.3. The second-order valence-electron chi connectivity index (χ2n) is 9.86. The van der Waals surface area contributed by atoms with Gasteiger partial charge >= 0.3 is 0 Å². The second-order valence-corrected chi connectivity index (χ2v) is 14.6. The van der Waals surface area contributed by atoms with Crippen LogP contribution in [-0.4, -0.2) is 62.6 Å². The fourth-order valence-electron chi connectivity index (χ4n) is 4.40. The Bertz CT molecular complexity index is 1720. The van der Waals surface area contributed by atoms with E-state index in [2.05, 4.69) is 0 Å². The molecule has 0 spiro atoms. The molecular formula is C27H28O11S3.